The van der Waals surface area contributed by atoms with E-state index in [0.717, 1.165) is 19.4 Å². The zero-order valence-electron chi connectivity index (χ0n) is 26.8. The lowest BCUT2D eigenvalue weighted by molar-refractivity contribution is -0.144. The van der Waals surface area contributed by atoms with Gasteiger partial charge in [-0.2, -0.15) is 18.7 Å². The molecule has 49 heavy (non-hydrogen) atoms. The number of pyridine rings is 1. The lowest BCUT2D eigenvalue weighted by atomic mass is 9.94. The number of nitrogens with zero attached hydrogens (tertiary/aromatic N) is 5. The SMILES string of the molecule is C#Cc1c(F)ccc2cc(O)cc(-c3ncc4c(N5CCN[C@@](CC)(COC(F)F)C5)nc(OC[C@@]56CCCN5C[C@H](F)C6)nc4c3F)c12. The molecular weight excluding hydrogens is 647 g/mol. The maximum absolute atomic E-state index is 16.9. The first-order valence-electron chi connectivity index (χ1n) is 16.3. The summed E-state index contributed by atoms with van der Waals surface area (Å²) in [6.07, 6.45) is 8.42. The van der Waals surface area contributed by atoms with Gasteiger partial charge in [0.15, 0.2) is 5.82 Å². The molecule has 0 aliphatic carbocycles. The Morgan fingerprint density at radius 2 is 2.02 bits per heavy atom. The fourth-order valence-electron chi connectivity index (χ4n) is 7.71. The first-order valence-corrected chi connectivity index (χ1v) is 16.3. The van der Waals surface area contributed by atoms with Crippen LogP contribution in [0.5, 0.6) is 11.8 Å². The topological polar surface area (TPSA) is 95.9 Å². The number of phenols is 1. The highest BCUT2D eigenvalue weighted by Crippen LogP contribution is 2.42. The predicted octanol–water partition coefficient (Wildman–Crippen LogP) is 5.56. The van der Waals surface area contributed by atoms with Crippen LogP contribution in [0.3, 0.4) is 0 Å². The van der Waals surface area contributed by atoms with Crippen LogP contribution in [0.1, 0.15) is 38.2 Å². The minimum Gasteiger partial charge on any atom is -0.508 e. The Bertz CT molecular complexity index is 1960. The lowest BCUT2D eigenvalue weighted by Gasteiger charge is -2.43. The van der Waals surface area contributed by atoms with Gasteiger partial charge >= 0.3 is 12.6 Å². The van der Waals surface area contributed by atoms with Gasteiger partial charge in [-0.1, -0.05) is 18.9 Å². The summed E-state index contributed by atoms with van der Waals surface area (Å²) in [4.78, 5) is 17.5. The van der Waals surface area contributed by atoms with Gasteiger partial charge in [0, 0.05) is 49.7 Å². The number of nitrogens with one attached hydrogen (secondary N) is 1. The van der Waals surface area contributed by atoms with Gasteiger partial charge in [0.2, 0.25) is 0 Å². The molecule has 3 fully saturated rings. The molecule has 3 aliphatic heterocycles. The monoisotopic (exact) mass is 682 g/mol. The van der Waals surface area contributed by atoms with Crippen LogP contribution in [0.4, 0.5) is 27.8 Å². The van der Waals surface area contributed by atoms with Gasteiger partial charge in [0.25, 0.3) is 0 Å². The molecule has 258 valence electrons. The number of ether oxygens (including phenoxy) is 2. The zero-order chi connectivity index (χ0) is 34.5. The molecule has 5 heterocycles. The summed E-state index contributed by atoms with van der Waals surface area (Å²) in [6, 6.07) is 5.10. The second-order valence-electron chi connectivity index (χ2n) is 13.1. The third-order valence-corrected chi connectivity index (χ3v) is 10.2. The number of terminal acetylenes is 1. The number of phenolic OH excluding ortho intramolecular Hbond substituents is 1. The Morgan fingerprint density at radius 3 is 2.80 bits per heavy atom. The average molecular weight is 683 g/mol. The average Bonchev–Trinajstić information content (AvgIpc) is 3.62. The molecule has 7 rings (SSSR count). The van der Waals surface area contributed by atoms with Crippen molar-refractivity contribution in [2.45, 2.75) is 56.5 Å². The number of rotatable bonds is 9. The zero-order valence-corrected chi connectivity index (χ0v) is 26.8. The van der Waals surface area contributed by atoms with E-state index in [0.29, 0.717) is 37.9 Å². The van der Waals surface area contributed by atoms with Crippen LogP contribution in [-0.4, -0.2) is 94.8 Å². The number of fused-ring (bicyclic) bond motifs is 3. The quantitative estimate of drug-likeness (QED) is 0.174. The summed E-state index contributed by atoms with van der Waals surface area (Å²) < 4.78 is 83.4. The van der Waals surface area contributed by atoms with Gasteiger partial charge in [-0.15, -0.1) is 6.42 Å². The van der Waals surface area contributed by atoms with Crippen molar-refractivity contribution >= 4 is 27.5 Å². The molecule has 3 saturated heterocycles. The van der Waals surface area contributed by atoms with E-state index in [1.165, 1.54) is 30.5 Å². The summed E-state index contributed by atoms with van der Waals surface area (Å²) in [7, 11) is 0. The molecule has 2 aromatic carbocycles. The van der Waals surface area contributed by atoms with Crippen molar-refractivity contribution in [1.82, 2.24) is 25.2 Å². The van der Waals surface area contributed by atoms with Crippen LogP contribution in [0, 0.1) is 24.0 Å². The van der Waals surface area contributed by atoms with E-state index in [2.05, 4.69) is 26.1 Å². The van der Waals surface area contributed by atoms with Crippen molar-refractivity contribution in [2.24, 2.45) is 0 Å². The molecule has 0 saturated carbocycles. The molecule has 4 aromatic rings. The first kappa shape index (κ1) is 33.2. The van der Waals surface area contributed by atoms with Crippen molar-refractivity contribution in [3.8, 4) is 35.4 Å². The summed E-state index contributed by atoms with van der Waals surface area (Å²) >= 11 is 0. The van der Waals surface area contributed by atoms with E-state index in [1.807, 2.05) is 11.8 Å². The van der Waals surface area contributed by atoms with Crippen LogP contribution in [0.15, 0.2) is 30.5 Å². The van der Waals surface area contributed by atoms with Gasteiger partial charge in [-0.3, -0.25) is 9.88 Å². The molecule has 0 bridgehead atoms. The molecule has 14 heteroatoms. The number of halogens is 5. The maximum Gasteiger partial charge on any atom is 0.345 e. The van der Waals surface area contributed by atoms with Gasteiger partial charge in [0.05, 0.1) is 28.6 Å². The van der Waals surface area contributed by atoms with Crippen molar-refractivity contribution in [3.05, 3.63) is 47.7 Å². The largest absolute Gasteiger partial charge is 0.508 e. The van der Waals surface area contributed by atoms with Crippen molar-refractivity contribution in [2.75, 3.05) is 50.8 Å². The number of alkyl halides is 3. The normalized spacial score (nSPS) is 24.2. The molecule has 0 radical (unpaired) electrons. The smallest absolute Gasteiger partial charge is 0.345 e. The molecule has 0 amide bonds. The molecule has 0 spiro atoms. The van der Waals surface area contributed by atoms with E-state index in [1.54, 1.807) is 0 Å². The third kappa shape index (κ3) is 5.98. The van der Waals surface area contributed by atoms with Crippen molar-refractivity contribution in [3.63, 3.8) is 0 Å². The van der Waals surface area contributed by atoms with Crippen molar-refractivity contribution < 1.29 is 36.5 Å². The Balaban J connectivity index is 1.36. The summed E-state index contributed by atoms with van der Waals surface area (Å²) in [5, 5.41) is 14.6. The molecule has 0 unspecified atom stereocenters. The molecule has 2 N–H and O–H groups in total. The van der Waals surface area contributed by atoms with E-state index in [9.17, 15) is 22.7 Å². The second-order valence-corrected chi connectivity index (χ2v) is 13.1. The van der Waals surface area contributed by atoms with E-state index in [4.69, 9.17) is 20.9 Å². The van der Waals surface area contributed by atoms with Crippen molar-refractivity contribution in [1.29, 1.82) is 0 Å². The van der Waals surface area contributed by atoms with Gasteiger partial charge in [0.1, 0.15) is 41.4 Å². The van der Waals surface area contributed by atoms with Crippen LogP contribution >= 0.6 is 0 Å². The fraction of sp³-hybridized carbons (Fsp3) is 0.457. The highest BCUT2D eigenvalue weighted by molar-refractivity contribution is 6.03. The molecule has 2 aromatic heterocycles. The van der Waals surface area contributed by atoms with Crippen LogP contribution in [0.2, 0.25) is 0 Å². The number of anilines is 1. The highest BCUT2D eigenvalue weighted by Gasteiger charge is 2.49. The summed E-state index contributed by atoms with van der Waals surface area (Å²) in [5.74, 6) is 0.791. The Kier molecular flexibility index (Phi) is 8.71. The number of benzene rings is 2. The van der Waals surface area contributed by atoms with Crippen LogP contribution < -0.4 is 15.0 Å². The molecule has 3 aliphatic rings. The number of hydrogen-bond acceptors (Lipinski definition) is 9. The lowest BCUT2D eigenvalue weighted by Crippen LogP contribution is -2.63. The summed E-state index contributed by atoms with van der Waals surface area (Å²) in [6.45, 7) is 0.731. The predicted molar refractivity (Wildman–Crippen MR) is 174 cm³/mol. The Morgan fingerprint density at radius 1 is 1.18 bits per heavy atom. The van der Waals surface area contributed by atoms with E-state index < -0.39 is 35.5 Å². The number of piperazine rings is 1. The highest BCUT2D eigenvalue weighted by atomic mass is 19.3. The minimum atomic E-state index is -2.96. The summed E-state index contributed by atoms with van der Waals surface area (Å²) in [5.41, 5.74) is -1.86. The van der Waals surface area contributed by atoms with Gasteiger partial charge in [-0.05, 0) is 49.4 Å². The first-order chi connectivity index (χ1) is 23.5. The standard InChI is InChI=1S/C35H35F5N6O3/c1-3-23-26(37)7-6-20-12-22(47)13-24(27(20)23)29-28(38)30-25(15-41-29)31(45-11-9-42-34(4-2,17-45)18-48-32(39)40)44-33(43-30)49-19-35-8-5-10-46(35)16-21(36)14-35/h1,6-7,12-13,15,21,32,42,47H,4-5,8-11,14,16-19H2,2H3/t21-,34-,35+/m1/s1. The fourth-order valence-corrected chi connectivity index (χ4v) is 7.71. The number of hydrogen-bond donors (Lipinski definition) is 2. The van der Waals surface area contributed by atoms with Gasteiger partial charge in [-0.25, -0.2) is 13.2 Å². The van der Waals surface area contributed by atoms with Gasteiger partial charge < -0.3 is 24.8 Å². The minimum absolute atomic E-state index is 0.0567. The maximum atomic E-state index is 16.9. The molecule has 9 nitrogen and oxygen atoms in total. The Hall–Kier alpha value is -4.32. The molecule has 3 atom stereocenters. The van der Waals surface area contributed by atoms with Crippen LogP contribution in [-0.2, 0) is 4.74 Å². The van der Waals surface area contributed by atoms with E-state index in [-0.39, 0.29) is 70.4 Å². The second kappa shape index (κ2) is 12.9. The third-order valence-electron chi connectivity index (χ3n) is 10.2. The Labute approximate surface area is 279 Å². The van der Waals surface area contributed by atoms with Crippen LogP contribution in [0.25, 0.3) is 32.9 Å². The molecular formula is C35H35F5N6O3. The van der Waals surface area contributed by atoms with E-state index >= 15 is 4.39 Å². The number of aromatic hydroxyl groups is 1. The number of aromatic nitrogens is 3.